The van der Waals surface area contributed by atoms with E-state index in [0.717, 1.165) is 16.7 Å². The largest absolute Gasteiger partial charge is 0.416 e. The van der Waals surface area contributed by atoms with Crippen LogP contribution in [0.5, 0.6) is 0 Å². The van der Waals surface area contributed by atoms with Gasteiger partial charge in [-0.15, -0.1) is 0 Å². The second-order valence-corrected chi connectivity index (χ2v) is 9.86. The van der Waals surface area contributed by atoms with E-state index in [1.807, 2.05) is 0 Å². The Bertz CT molecular complexity index is 1270. The molecule has 3 aromatic rings. The lowest BCUT2D eigenvalue weighted by atomic mass is 10.1. The number of benzene rings is 2. The molecule has 1 aromatic heterocycles. The van der Waals surface area contributed by atoms with E-state index < -0.39 is 27.1 Å². The third-order valence-corrected chi connectivity index (χ3v) is 7.17. The second kappa shape index (κ2) is 7.77. The first-order chi connectivity index (χ1) is 13.4. The van der Waals surface area contributed by atoms with Gasteiger partial charge in [-0.3, -0.25) is 4.79 Å². The van der Waals surface area contributed by atoms with Crippen molar-refractivity contribution in [2.45, 2.75) is 24.5 Å². The molecule has 0 aliphatic carbocycles. The summed E-state index contributed by atoms with van der Waals surface area (Å²) in [5.41, 5.74) is -1.34. The molecule has 0 N–H and O–H groups in total. The monoisotopic (exact) mass is 507 g/mol. The van der Waals surface area contributed by atoms with E-state index in [0.29, 0.717) is 5.39 Å². The van der Waals surface area contributed by atoms with Crippen LogP contribution in [0.2, 0.25) is 5.02 Å². The highest BCUT2D eigenvalue weighted by Crippen LogP contribution is 2.34. The minimum absolute atomic E-state index is 0.0293. The summed E-state index contributed by atoms with van der Waals surface area (Å²) in [5.74, 6) is -0.143. The van der Waals surface area contributed by atoms with Crippen LogP contribution in [0.1, 0.15) is 18.1 Å². The van der Waals surface area contributed by atoms with Gasteiger partial charge in [0, 0.05) is 26.5 Å². The van der Waals surface area contributed by atoms with Gasteiger partial charge in [-0.2, -0.15) is 13.2 Å². The van der Waals surface area contributed by atoms with Crippen molar-refractivity contribution in [1.29, 1.82) is 0 Å². The number of aromatic nitrogens is 1. The van der Waals surface area contributed by atoms with E-state index in [4.69, 9.17) is 11.6 Å². The standard InChI is InChI=1S/C19H14BrClF3NO3S/c1-2-29(27,28)17-4-3-13(21)7-11(17)10-25-6-5-14-15(18(25)26)8-12(9-16(14)20)19(22,23)24/h3-9H,2,10H2,1H3. The Balaban J connectivity index is 2.20. The number of halogens is 5. The molecule has 1 heterocycles. The molecular formula is C19H14BrClF3NO3S. The summed E-state index contributed by atoms with van der Waals surface area (Å²) in [6.45, 7) is 1.34. The van der Waals surface area contributed by atoms with Gasteiger partial charge in [0.25, 0.3) is 5.56 Å². The fourth-order valence-electron chi connectivity index (χ4n) is 2.95. The van der Waals surface area contributed by atoms with Crippen LogP contribution in [0.4, 0.5) is 13.2 Å². The molecular weight excluding hydrogens is 495 g/mol. The molecule has 0 aliphatic rings. The predicted molar refractivity (Wildman–Crippen MR) is 109 cm³/mol. The van der Waals surface area contributed by atoms with Crippen molar-refractivity contribution in [1.82, 2.24) is 4.57 Å². The Labute approximate surface area is 178 Å². The highest BCUT2D eigenvalue weighted by atomic mass is 79.9. The molecule has 0 bridgehead atoms. The molecule has 0 aliphatic heterocycles. The summed E-state index contributed by atoms with van der Waals surface area (Å²) < 4.78 is 65.4. The third-order valence-electron chi connectivity index (χ3n) is 4.45. The van der Waals surface area contributed by atoms with Crippen LogP contribution >= 0.6 is 27.5 Å². The third kappa shape index (κ3) is 4.36. The highest BCUT2D eigenvalue weighted by Gasteiger charge is 2.31. The minimum Gasteiger partial charge on any atom is -0.311 e. The molecule has 3 rings (SSSR count). The van der Waals surface area contributed by atoms with Crippen LogP contribution in [0.15, 0.2) is 56.8 Å². The zero-order valence-corrected chi connectivity index (χ0v) is 18.1. The summed E-state index contributed by atoms with van der Waals surface area (Å²) in [5, 5.41) is 0.480. The van der Waals surface area contributed by atoms with E-state index in [9.17, 15) is 26.4 Å². The summed E-state index contributed by atoms with van der Waals surface area (Å²) in [6.07, 6.45) is -3.20. The molecule has 0 atom stereocenters. The van der Waals surface area contributed by atoms with Crippen molar-refractivity contribution in [3.8, 4) is 0 Å². The van der Waals surface area contributed by atoms with Gasteiger partial charge >= 0.3 is 6.18 Å². The SMILES string of the molecule is CCS(=O)(=O)c1ccc(Cl)cc1Cn1ccc2c(Br)cc(C(F)(F)F)cc2c1=O. The first-order valence-corrected chi connectivity index (χ1v) is 11.2. The van der Waals surface area contributed by atoms with Crippen LogP contribution < -0.4 is 5.56 Å². The van der Waals surface area contributed by atoms with Crippen LogP contribution in [0.3, 0.4) is 0 Å². The van der Waals surface area contributed by atoms with Crippen LogP contribution in [-0.4, -0.2) is 18.7 Å². The van der Waals surface area contributed by atoms with Crippen molar-refractivity contribution < 1.29 is 21.6 Å². The topological polar surface area (TPSA) is 56.1 Å². The van der Waals surface area contributed by atoms with Crippen molar-refractivity contribution in [3.63, 3.8) is 0 Å². The van der Waals surface area contributed by atoms with Gasteiger partial charge < -0.3 is 4.57 Å². The first kappa shape index (κ1) is 21.9. The van der Waals surface area contributed by atoms with Crippen molar-refractivity contribution in [2.24, 2.45) is 0 Å². The smallest absolute Gasteiger partial charge is 0.311 e. The van der Waals surface area contributed by atoms with Crippen LogP contribution in [0, 0.1) is 0 Å². The van der Waals surface area contributed by atoms with Gasteiger partial charge in [-0.1, -0.05) is 34.5 Å². The summed E-state index contributed by atoms with van der Waals surface area (Å²) in [6, 6.07) is 7.43. The molecule has 29 heavy (non-hydrogen) atoms. The molecule has 10 heteroatoms. The second-order valence-electron chi connectivity index (χ2n) is 6.32. The van der Waals surface area contributed by atoms with E-state index in [-0.39, 0.29) is 37.6 Å². The van der Waals surface area contributed by atoms with E-state index in [1.165, 1.54) is 37.4 Å². The maximum atomic E-state index is 13.1. The molecule has 154 valence electrons. The van der Waals surface area contributed by atoms with Crippen molar-refractivity contribution in [2.75, 3.05) is 5.75 Å². The Morgan fingerprint density at radius 2 is 1.79 bits per heavy atom. The van der Waals surface area contributed by atoms with E-state index >= 15 is 0 Å². The fraction of sp³-hybridized carbons (Fsp3) is 0.211. The van der Waals surface area contributed by atoms with Gasteiger partial charge in [-0.25, -0.2) is 8.42 Å². The van der Waals surface area contributed by atoms with Gasteiger partial charge in [-0.05, 0) is 42.0 Å². The van der Waals surface area contributed by atoms with E-state index in [1.54, 1.807) is 0 Å². The lowest BCUT2D eigenvalue weighted by Gasteiger charge is -2.14. The molecule has 0 saturated carbocycles. The van der Waals surface area contributed by atoms with Crippen molar-refractivity contribution in [3.05, 3.63) is 73.6 Å². The minimum atomic E-state index is -4.61. The summed E-state index contributed by atoms with van der Waals surface area (Å²) in [7, 11) is -3.58. The maximum absolute atomic E-state index is 13.1. The van der Waals surface area contributed by atoms with E-state index in [2.05, 4.69) is 15.9 Å². The normalized spacial score (nSPS) is 12.5. The molecule has 4 nitrogen and oxygen atoms in total. The Hall–Kier alpha value is -1.84. The van der Waals surface area contributed by atoms with Crippen LogP contribution in [0.25, 0.3) is 10.8 Å². The average molecular weight is 509 g/mol. The van der Waals surface area contributed by atoms with Crippen molar-refractivity contribution >= 4 is 48.1 Å². The molecule has 0 amide bonds. The zero-order valence-electron chi connectivity index (χ0n) is 14.9. The van der Waals surface area contributed by atoms with Gasteiger partial charge in [0.05, 0.1) is 22.8 Å². The molecule has 0 unspecified atom stereocenters. The van der Waals surface area contributed by atoms with Gasteiger partial charge in [0.2, 0.25) is 0 Å². The summed E-state index contributed by atoms with van der Waals surface area (Å²) in [4.78, 5) is 12.9. The average Bonchev–Trinajstić information content (AvgIpc) is 2.63. The van der Waals surface area contributed by atoms with Gasteiger partial charge in [0.15, 0.2) is 9.84 Å². The highest BCUT2D eigenvalue weighted by molar-refractivity contribution is 9.10. The lowest BCUT2D eigenvalue weighted by Crippen LogP contribution is -2.22. The number of nitrogens with zero attached hydrogens (tertiary/aromatic N) is 1. The predicted octanol–water partition coefficient (Wildman–Crippen LogP) is 5.28. The molecule has 0 saturated heterocycles. The lowest BCUT2D eigenvalue weighted by molar-refractivity contribution is -0.137. The quantitative estimate of drug-likeness (QED) is 0.482. The number of pyridine rings is 1. The Morgan fingerprint density at radius 1 is 1.10 bits per heavy atom. The summed E-state index contributed by atoms with van der Waals surface area (Å²) >= 11 is 9.07. The Morgan fingerprint density at radius 3 is 2.41 bits per heavy atom. The fourth-order valence-corrected chi connectivity index (χ4v) is 4.85. The molecule has 2 aromatic carbocycles. The zero-order chi connectivity index (χ0) is 21.6. The number of hydrogen-bond donors (Lipinski definition) is 0. The van der Waals surface area contributed by atoms with Gasteiger partial charge in [0.1, 0.15) is 0 Å². The Kier molecular flexibility index (Phi) is 5.86. The number of alkyl halides is 3. The molecule has 0 fully saturated rings. The van der Waals surface area contributed by atoms with Crippen LogP contribution in [-0.2, 0) is 22.6 Å². The molecule has 0 spiro atoms. The number of fused-ring (bicyclic) bond motifs is 1. The number of sulfone groups is 1. The molecule has 0 radical (unpaired) electrons. The maximum Gasteiger partial charge on any atom is 0.416 e. The number of hydrogen-bond acceptors (Lipinski definition) is 3. The number of rotatable bonds is 4. The first-order valence-electron chi connectivity index (χ1n) is 8.35.